The highest BCUT2D eigenvalue weighted by Gasteiger charge is 2.17. The molecule has 9 rings (SSSR count). The van der Waals surface area contributed by atoms with E-state index in [2.05, 4.69) is 225 Å². The Kier molecular flexibility index (Phi) is 12.2. The first kappa shape index (κ1) is 40.0. The van der Waals surface area contributed by atoms with E-state index in [4.69, 9.17) is 15.0 Å². The molecule has 0 bridgehead atoms. The molecule has 0 saturated carbocycles. The fourth-order valence-electron chi connectivity index (χ4n) is 8.05. The zero-order valence-electron chi connectivity index (χ0n) is 35.5. The molecule has 9 aromatic rings. The van der Waals surface area contributed by atoms with Crippen molar-refractivity contribution in [3.63, 3.8) is 0 Å². The van der Waals surface area contributed by atoms with Crippen molar-refractivity contribution in [2.75, 3.05) is 4.90 Å². The fraction of sp³-hybridized carbons (Fsp3) is 0.121. The molecule has 0 aliphatic carbocycles. The van der Waals surface area contributed by atoms with Crippen LogP contribution >= 0.6 is 0 Å². The molecule has 8 aromatic carbocycles. The van der Waals surface area contributed by atoms with E-state index in [1.807, 2.05) is 0 Å². The number of rotatable bonds is 14. The molecular weight excluding hydrogens is 753 g/mol. The minimum atomic E-state index is 0.648. The second-order valence-corrected chi connectivity index (χ2v) is 15.8. The molecule has 1 heterocycles. The van der Waals surface area contributed by atoms with Gasteiger partial charge in [0.25, 0.3) is 0 Å². The average molecular weight is 803 g/mol. The predicted molar refractivity (Wildman–Crippen MR) is 260 cm³/mol. The molecule has 0 fully saturated rings. The second kappa shape index (κ2) is 18.9. The van der Waals surface area contributed by atoms with Gasteiger partial charge in [0.05, 0.1) is 0 Å². The third-order valence-electron chi connectivity index (χ3n) is 11.4. The van der Waals surface area contributed by atoms with Crippen molar-refractivity contribution in [2.24, 2.45) is 0 Å². The zero-order valence-corrected chi connectivity index (χ0v) is 35.5. The van der Waals surface area contributed by atoms with Crippen LogP contribution in [0.3, 0.4) is 0 Å². The Bertz CT molecular complexity index is 2770. The van der Waals surface area contributed by atoms with Crippen molar-refractivity contribution in [1.29, 1.82) is 0 Å². The van der Waals surface area contributed by atoms with E-state index in [0.717, 1.165) is 64.1 Å². The Morgan fingerprint density at radius 1 is 0.306 bits per heavy atom. The maximum atomic E-state index is 5.13. The lowest BCUT2D eigenvalue weighted by Crippen LogP contribution is -2.10. The number of benzene rings is 8. The van der Waals surface area contributed by atoms with Gasteiger partial charge in [0, 0.05) is 33.8 Å². The van der Waals surface area contributed by atoms with Crippen molar-refractivity contribution in [3.05, 3.63) is 217 Å². The third kappa shape index (κ3) is 9.16. The van der Waals surface area contributed by atoms with Crippen LogP contribution in [0.2, 0.25) is 0 Å². The molecular formula is C58H50N4. The number of hydrogen-bond acceptors (Lipinski definition) is 4. The summed E-state index contributed by atoms with van der Waals surface area (Å²) in [6.45, 7) is 4.44. The summed E-state index contributed by atoms with van der Waals surface area (Å²) in [7, 11) is 0. The Hall–Kier alpha value is -7.43. The first-order valence-electron chi connectivity index (χ1n) is 21.9. The van der Waals surface area contributed by atoms with Gasteiger partial charge in [-0.05, 0) is 106 Å². The predicted octanol–water partition coefficient (Wildman–Crippen LogP) is 15.6. The molecule has 0 atom stereocenters. The van der Waals surface area contributed by atoms with Gasteiger partial charge in [0.15, 0.2) is 17.5 Å². The molecule has 302 valence electrons. The van der Waals surface area contributed by atoms with Crippen LogP contribution < -0.4 is 4.90 Å². The normalized spacial score (nSPS) is 11.1. The van der Waals surface area contributed by atoms with Crippen molar-refractivity contribution in [1.82, 2.24) is 15.0 Å². The first-order valence-corrected chi connectivity index (χ1v) is 21.9. The van der Waals surface area contributed by atoms with E-state index >= 15 is 0 Å². The summed E-state index contributed by atoms with van der Waals surface area (Å²) in [4.78, 5) is 17.6. The second-order valence-electron chi connectivity index (χ2n) is 15.8. The smallest absolute Gasteiger partial charge is 0.164 e. The molecule has 0 aliphatic rings. The summed E-state index contributed by atoms with van der Waals surface area (Å²) in [5.74, 6) is 1.99. The lowest BCUT2D eigenvalue weighted by atomic mass is 10.0. The van der Waals surface area contributed by atoms with Crippen molar-refractivity contribution < 1.29 is 0 Å². The molecule has 4 nitrogen and oxygen atoms in total. The van der Waals surface area contributed by atoms with Crippen LogP contribution in [0.4, 0.5) is 17.1 Å². The van der Waals surface area contributed by atoms with Crippen molar-refractivity contribution in [3.8, 4) is 67.5 Å². The molecule has 0 amide bonds. The van der Waals surface area contributed by atoms with E-state index in [1.165, 1.54) is 46.2 Å². The Morgan fingerprint density at radius 3 is 1.21 bits per heavy atom. The van der Waals surface area contributed by atoms with Gasteiger partial charge in [0.1, 0.15) is 0 Å². The van der Waals surface area contributed by atoms with Gasteiger partial charge in [0.2, 0.25) is 0 Å². The minimum Gasteiger partial charge on any atom is -0.310 e. The topological polar surface area (TPSA) is 41.9 Å². The monoisotopic (exact) mass is 802 g/mol. The summed E-state index contributed by atoms with van der Waals surface area (Å²) in [5, 5.41) is 0. The standard InChI is InChI=1S/C58H50N4/c1-3-5-15-43-26-30-49(31-27-43)57-59-56(48-28-24-42(14-4-2)25-29-48)60-58(61-57)52-22-12-20-50(40-52)51-21-13-23-55(41-51)62(53-36-32-46(33-37-53)44-16-8-6-9-17-44)54-38-34-47(35-39-54)45-18-10-7-11-19-45/h6-13,16-41H,3-5,14-15H2,1-2H3. The summed E-state index contributed by atoms with van der Waals surface area (Å²) in [6, 6.07) is 73.5. The first-order chi connectivity index (χ1) is 30.6. The summed E-state index contributed by atoms with van der Waals surface area (Å²) >= 11 is 0. The highest BCUT2D eigenvalue weighted by molar-refractivity contribution is 5.83. The number of aromatic nitrogens is 3. The third-order valence-corrected chi connectivity index (χ3v) is 11.4. The molecule has 0 saturated heterocycles. The van der Waals surface area contributed by atoms with Gasteiger partial charge >= 0.3 is 0 Å². The Morgan fingerprint density at radius 2 is 0.710 bits per heavy atom. The highest BCUT2D eigenvalue weighted by atomic mass is 15.1. The van der Waals surface area contributed by atoms with Gasteiger partial charge in [-0.15, -0.1) is 0 Å². The van der Waals surface area contributed by atoms with E-state index in [9.17, 15) is 0 Å². The minimum absolute atomic E-state index is 0.648. The molecule has 4 heteroatoms. The zero-order chi connectivity index (χ0) is 42.1. The van der Waals surface area contributed by atoms with E-state index in [1.54, 1.807) is 0 Å². The van der Waals surface area contributed by atoms with E-state index in [0.29, 0.717) is 17.5 Å². The molecule has 62 heavy (non-hydrogen) atoms. The molecule has 0 N–H and O–H groups in total. The highest BCUT2D eigenvalue weighted by Crippen LogP contribution is 2.39. The quantitative estimate of drug-likeness (QED) is 0.110. The van der Waals surface area contributed by atoms with Crippen LogP contribution in [-0.4, -0.2) is 15.0 Å². The van der Waals surface area contributed by atoms with Crippen LogP contribution in [0.5, 0.6) is 0 Å². The maximum absolute atomic E-state index is 5.13. The molecule has 0 aliphatic heterocycles. The summed E-state index contributed by atoms with van der Waals surface area (Å²) in [5.41, 5.74) is 15.7. The van der Waals surface area contributed by atoms with Crippen LogP contribution in [0.1, 0.15) is 44.2 Å². The van der Waals surface area contributed by atoms with Gasteiger partial charge in [-0.3, -0.25) is 0 Å². The summed E-state index contributed by atoms with van der Waals surface area (Å²) < 4.78 is 0. The van der Waals surface area contributed by atoms with Crippen molar-refractivity contribution >= 4 is 17.1 Å². The van der Waals surface area contributed by atoms with Crippen molar-refractivity contribution in [2.45, 2.75) is 46.0 Å². The lowest BCUT2D eigenvalue weighted by Gasteiger charge is -2.26. The fourth-order valence-corrected chi connectivity index (χ4v) is 8.05. The number of anilines is 3. The number of unbranched alkanes of at least 4 members (excludes halogenated alkanes) is 1. The Labute approximate surface area is 366 Å². The Balaban J connectivity index is 1.09. The molecule has 0 spiro atoms. The largest absolute Gasteiger partial charge is 0.310 e. The molecule has 0 radical (unpaired) electrons. The number of nitrogens with zero attached hydrogens (tertiary/aromatic N) is 4. The molecule has 0 unspecified atom stereocenters. The van der Waals surface area contributed by atoms with E-state index in [-0.39, 0.29) is 0 Å². The number of hydrogen-bond donors (Lipinski definition) is 0. The van der Waals surface area contributed by atoms with Crippen LogP contribution in [0, 0.1) is 0 Å². The van der Waals surface area contributed by atoms with Gasteiger partial charge in [-0.1, -0.05) is 190 Å². The van der Waals surface area contributed by atoms with Gasteiger partial charge in [-0.25, -0.2) is 15.0 Å². The van der Waals surface area contributed by atoms with Crippen LogP contribution in [0.25, 0.3) is 67.5 Å². The maximum Gasteiger partial charge on any atom is 0.164 e. The van der Waals surface area contributed by atoms with Crippen LogP contribution in [-0.2, 0) is 12.8 Å². The summed E-state index contributed by atoms with van der Waals surface area (Å²) in [6.07, 6.45) is 5.57. The lowest BCUT2D eigenvalue weighted by molar-refractivity contribution is 0.795. The average Bonchev–Trinajstić information content (AvgIpc) is 3.35. The van der Waals surface area contributed by atoms with E-state index < -0.39 is 0 Å². The SMILES string of the molecule is CCCCc1ccc(-c2nc(-c3ccc(CCC)cc3)nc(-c3cccc(-c4cccc(N(c5ccc(-c6ccccc6)cc5)c5ccc(-c6ccccc6)cc5)c4)c3)n2)cc1. The van der Waals surface area contributed by atoms with Gasteiger partial charge in [-0.2, -0.15) is 0 Å². The van der Waals surface area contributed by atoms with Crippen LogP contribution in [0.15, 0.2) is 206 Å². The van der Waals surface area contributed by atoms with Gasteiger partial charge < -0.3 is 4.90 Å². The molecule has 1 aromatic heterocycles. The number of aryl methyl sites for hydroxylation is 2.